The molecule has 26 heavy (non-hydrogen) atoms. The van der Waals surface area contributed by atoms with Crippen molar-refractivity contribution in [3.8, 4) is 5.69 Å². The number of rotatable bonds is 3. The second-order valence-electron chi connectivity index (χ2n) is 6.12. The normalized spacial score (nSPS) is 17.5. The molecule has 0 aliphatic carbocycles. The molecule has 0 saturated carbocycles. The number of nitrogens with one attached hydrogen (secondary N) is 2. The number of amides is 1. The van der Waals surface area contributed by atoms with Gasteiger partial charge in [-0.3, -0.25) is 4.79 Å². The number of piperidine rings is 1. The van der Waals surface area contributed by atoms with Gasteiger partial charge in [0.2, 0.25) is 0 Å². The van der Waals surface area contributed by atoms with Crippen LogP contribution in [0.1, 0.15) is 34.5 Å². The maximum atomic E-state index is 13.6. The van der Waals surface area contributed by atoms with Crippen molar-refractivity contribution in [2.24, 2.45) is 0 Å². The standard InChI is InChI=1S/C17H19F3N4O.ClH/c1-11-5-2-3-7-14(11)24-15(17(18,19)20)13(10-22-24)16(25)23-12-6-4-8-21-9-12;/h2-3,5,7,10,12,21H,4,6,8-9H2,1H3,(H,23,25);1H. The van der Waals surface area contributed by atoms with E-state index in [-0.39, 0.29) is 18.4 Å². The molecule has 3 rings (SSSR count). The van der Waals surface area contributed by atoms with Crippen LogP contribution in [-0.4, -0.2) is 34.8 Å². The maximum Gasteiger partial charge on any atom is 0.434 e. The van der Waals surface area contributed by atoms with Gasteiger partial charge >= 0.3 is 6.18 Å². The third-order valence-electron chi connectivity index (χ3n) is 4.26. The van der Waals surface area contributed by atoms with Gasteiger partial charge in [-0.2, -0.15) is 18.3 Å². The molecule has 1 fully saturated rings. The molecule has 9 heteroatoms. The van der Waals surface area contributed by atoms with E-state index in [1.807, 2.05) is 0 Å². The molecule has 1 amide bonds. The predicted octanol–water partition coefficient (Wildman–Crippen LogP) is 3.10. The number of hydrogen-bond donors (Lipinski definition) is 2. The Morgan fingerprint density at radius 3 is 2.69 bits per heavy atom. The van der Waals surface area contributed by atoms with Gasteiger partial charge in [0.15, 0.2) is 5.69 Å². The first-order valence-electron chi connectivity index (χ1n) is 8.10. The predicted molar refractivity (Wildman–Crippen MR) is 93.9 cm³/mol. The first-order chi connectivity index (χ1) is 11.9. The molecule has 142 valence electrons. The van der Waals surface area contributed by atoms with Gasteiger partial charge in [0.05, 0.1) is 17.4 Å². The van der Waals surface area contributed by atoms with Crippen LogP contribution >= 0.6 is 12.4 Å². The summed E-state index contributed by atoms with van der Waals surface area (Å²) >= 11 is 0. The van der Waals surface area contributed by atoms with E-state index < -0.39 is 23.3 Å². The molecule has 1 unspecified atom stereocenters. The summed E-state index contributed by atoms with van der Waals surface area (Å²) in [5.41, 5.74) is -0.572. The number of para-hydroxylation sites is 1. The summed E-state index contributed by atoms with van der Waals surface area (Å²) in [7, 11) is 0. The van der Waals surface area contributed by atoms with Gasteiger partial charge in [-0.15, -0.1) is 12.4 Å². The fraction of sp³-hybridized carbons (Fsp3) is 0.412. The molecule has 2 aromatic rings. The molecule has 2 heterocycles. The molecule has 1 saturated heterocycles. The minimum Gasteiger partial charge on any atom is -0.348 e. The summed E-state index contributed by atoms with van der Waals surface area (Å²) in [6.45, 7) is 3.11. The highest BCUT2D eigenvalue weighted by Gasteiger charge is 2.41. The molecule has 1 atom stereocenters. The monoisotopic (exact) mass is 388 g/mol. The van der Waals surface area contributed by atoms with Crippen molar-refractivity contribution in [1.82, 2.24) is 20.4 Å². The van der Waals surface area contributed by atoms with E-state index in [1.165, 1.54) is 0 Å². The SMILES string of the molecule is Cc1ccccc1-n1ncc(C(=O)NC2CCCNC2)c1C(F)(F)F.Cl. The minimum atomic E-state index is -4.70. The average Bonchev–Trinajstić information content (AvgIpc) is 3.01. The van der Waals surface area contributed by atoms with E-state index in [0.29, 0.717) is 17.8 Å². The van der Waals surface area contributed by atoms with Crippen LogP contribution in [0.4, 0.5) is 13.2 Å². The van der Waals surface area contributed by atoms with Crippen molar-refractivity contribution >= 4 is 18.3 Å². The van der Waals surface area contributed by atoms with Crippen LogP contribution in [0.5, 0.6) is 0 Å². The van der Waals surface area contributed by atoms with Crippen molar-refractivity contribution in [1.29, 1.82) is 0 Å². The van der Waals surface area contributed by atoms with Crippen molar-refractivity contribution in [3.63, 3.8) is 0 Å². The van der Waals surface area contributed by atoms with E-state index >= 15 is 0 Å². The Bertz CT molecular complexity index is 770. The van der Waals surface area contributed by atoms with Crippen molar-refractivity contribution in [2.45, 2.75) is 32.0 Å². The zero-order valence-corrected chi connectivity index (χ0v) is 15.0. The lowest BCUT2D eigenvalue weighted by atomic mass is 10.1. The van der Waals surface area contributed by atoms with Gasteiger partial charge in [0.25, 0.3) is 5.91 Å². The summed E-state index contributed by atoms with van der Waals surface area (Å²) in [5, 5.41) is 9.64. The number of alkyl halides is 3. The van der Waals surface area contributed by atoms with Gasteiger partial charge in [-0.1, -0.05) is 18.2 Å². The highest BCUT2D eigenvalue weighted by Crippen LogP contribution is 2.34. The third-order valence-corrected chi connectivity index (χ3v) is 4.26. The molecule has 0 radical (unpaired) electrons. The second-order valence-corrected chi connectivity index (χ2v) is 6.12. The Morgan fingerprint density at radius 1 is 1.35 bits per heavy atom. The number of carbonyl (C=O) groups is 1. The van der Waals surface area contributed by atoms with Crippen molar-refractivity contribution < 1.29 is 18.0 Å². The zero-order valence-electron chi connectivity index (χ0n) is 14.1. The van der Waals surface area contributed by atoms with Crippen LogP contribution in [0.2, 0.25) is 0 Å². The third kappa shape index (κ3) is 4.19. The van der Waals surface area contributed by atoms with Crippen molar-refractivity contribution in [3.05, 3.63) is 47.3 Å². The lowest BCUT2D eigenvalue weighted by Crippen LogP contribution is -2.45. The minimum absolute atomic E-state index is 0. The number of carbonyl (C=O) groups excluding carboxylic acids is 1. The van der Waals surface area contributed by atoms with Gasteiger partial charge < -0.3 is 10.6 Å². The molecule has 0 spiro atoms. The Kier molecular flexibility index (Phi) is 6.30. The summed E-state index contributed by atoms with van der Waals surface area (Å²) in [6.07, 6.45) is -2.09. The van der Waals surface area contributed by atoms with E-state index in [4.69, 9.17) is 0 Å². The lowest BCUT2D eigenvalue weighted by Gasteiger charge is -2.24. The molecule has 1 aromatic heterocycles. The summed E-state index contributed by atoms with van der Waals surface area (Å²) in [4.78, 5) is 12.4. The van der Waals surface area contributed by atoms with E-state index in [2.05, 4.69) is 15.7 Å². The molecule has 2 N–H and O–H groups in total. The average molecular weight is 389 g/mol. The largest absolute Gasteiger partial charge is 0.434 e. The smallest absolute Gasteiger partial charge is 0.348 e. The van der Waals surface area contributed by atoms with Gasteiger partial charge in [0.1, 0.15) is 0 Å². The molecule has 1 aliphatic heterocycles. The van der Waals surface area contributed by atoms with Crippen LogP contribution < -0.4 is 10.6 Å². The van der Waals surface area contributed by atoms with Gasteiger partial charge in [-0.05, 0) is 37.9 Å². The fourth-order valence-corrected chi connectivity index (χ4v) is 3.01. The Morgan fingerprint density at radius 2 is 2.08 bits per heavy atom. The van der Waals surface area contributed by atoms with Crippen molar-refractivity contribution in [2.75, 3.05) is 13.1 Å². The number of benzene rings is 1. The van der Waals surface area contributed by atoms with Crippen LogP contribution in [-0.2, 0) is 6.18 Å². The Hall–Kier alpha value is -2.06. The highest BCUT2D eigenvalue weighted by atomic mass is 35.5. The molecule has 5 nitrogen and oxygen atoms in total. The quantitative estimate of drug-likeness (QED) is 0.849. The molecular formula is C17H20ClF3N4O. The summed E-state index contributed by atoms with van der Waals surface area (Å²) in [6, 6.07) is 6.44. The number of aromatic nitrogens is 2. The first kappa shape index (κ1) is 20.3. The highest BCUT2D eigenvalue weighted by molar-refractivity contribution is 5.95. The number of halogens is 4. The summed E-state index contributed by atoms with van der Waals surface area (Å²) < 4.78 is 41.7. The fourth-order valence-electron chi connectivity index (χ4n) is 3.01. The first-order valence-corrected chi connectivity index (χ1v) is 8.10. The van der Waals surface area contributed by atoms with Gasteiger partial charge in [-0.25, -0.2) is 4.68 Å². The van der Waals surface area contributed by atoms with Crippen LogP contribution in [0.15, 0.2) is 30.5 Å². The van der Waals surface area contributed by atoms with Crippen LogP contribution in [0, 0.1) is 6.92 Å². The molecule has 1 aromatic carbocycles. The molecular weight excluding hydrogens is 369 g/mol. The zero-order chi connectivity index (χ0) is 18.0. The van der Waals surface area contributed by atoms with Crippen LogP contribution in [0.25, 0.3) is 5.69 Å². The second kappa shape index (κ2) is 8.09. The number of nitrogens with zero attached hydrogens (tertiary/aromatic N) is 2. The Balaban J connectivity index is 0.00000243. The van der Waals surface area contributed by atoms with Crippen LogP contribution in [0.3, 0.4) is 0 Å². The van der Waals surface area contributed by atoms with E-state index in [0.717, 1.165) is 30.3 Å². The topological polar surface area (TPSA) is 59.0 Å². The molecule has 1 aliphatic rings. The maximum absolute atomic E-state index is 13.6. The number of hydrogen-bond acceptors (Lipinski definition) is 3. The number of aryl methyl sites for hydroxylation is 1. The summed E-state index contributed by atoms with van der Waals surface area (Å²) in [5.74, 6) is -0.749. The Labute approximate surface area is 155 Å². The van der Waals surface area contributed by atoms with E-state index in [9.17, 15) is 18.0 Å². The van der Waals surface area contributed by atoms with Gasteiger partial charge in [0, 0.05) is 12.6 Å². The van der Waals surface area contributed by atoms with E-state index in [1.54, 1.807) is 31.2 Å². The lowest BCUT2D eigenvalue weighted by molar-refractivity contribution is -0.143. The molecule has 0 bridgehead atoms.